The van der Waals surface area contributed by atoms with Gasteiger partial charge in [0.1, 0.15) is 13.2 Å². The first-order chi connectivity index (χ1) is 12.4. The van der Waals surface area contributed by atoms with Crippen LogP contribution in [-0.2, 0) is 23.9 Å². The van der Waals surface area contributed by atoms with Crippen molar-refractivity contribution in [1.82, 2.24) is 0 Å². The maximum Gasteiger partial charge on any atom is 0.338 e. The Hall–Kier alpha value is -3.03. The van der Waals surface area contributed by atoms with Gasteiger partial charge in [0.2, 0.25) is 5.91 Å². The third-order valence-electron chi connectivity index (χ3n) is 3.16. The van der Waals surface area contributed by atoms with Crippen molar-refractivity contribution in [2.75, 3.05) is 18.5 Å². The van der Waals surface area contributed by atoms with E-state index in [-0.39, 0.29) is 34.3 Å². The van der Waals surface area contributed by atoms with Crippen LogP contribution in [0.5, 0.6) is 0 Å². The predicted molar refractivity (Wildman–Crippen MR) is 96.5 cm³/mol. The van der Waals surface area contributed by atoms with Crippen LogP contribution in [0.1, 0.15) is 55.3 Å². The van der Waals surface area contributed by atoms with E-state index in [1.54, 1.807) is 20.8 Å². The van der Waals surface area contributed by atoms with Gasteiger partial charge in [-0.05, 0) is 32.0 Å². The molecule has 0 saturated carbocycles. The summed E-state index contributed by atoms with van der Waals surface area (Å²) < 4.78 is 9.68. The van der Waals surface area contributed by atoms with E-state index < -0.39 is 30.6 Å². The van der Waals surface area contributed by atoms with Crippen molar-refractivity contribution in [3.05, 3.63) is 29.3 Å². The van der Waals surface area contributed by atoms with Gasteiger partial charge in [0.15, 0.2) is 11.6 Å². The lowest BCUT2D eigenvalue weighted by Gasteiger charge is -2.18. The summed E-state index contributed by atoms with van der Waals surface area (Å²) in [6.07, 6.45) is 0. The van der Waals surface area contributed by atoms with Gasteiger partial charge < -0.3 is 14.8 Å². The molecule has 0 heterocycles. The molecule has 0 spiro atoms. The zero-order valence-corrected chi connectivity index (χ0v) is 16.0. The van der Waals surface area contributed by atoms with Gasteiger partial charge >= 0.3 is 11.9 Å². The fraction of sp³-hybridized carbons (Fsp3) is 0.421. The fourth-order valence-corrected chi connectivity index (χ4v) is 1.76. The molecule has 1 rings (SSSR count). The predicted octanol–water partition coefficient (Wildman–Crippen LogP) is 2.16. The van der Waals surface area contributed by atoms with E-state index in [9.17, 15) is 24.0 Å². The third-order valence-corrected chi connectivity index (χ3v) is 3.16. The maximum absolute atomic E-state index is 12.2. The molecule has 1 aromatic carbocycles. The lowest BCUT2D eigenvalue weighted by molar-refractivity contribution is -0.123. The van der Waals surface area contributed by atoms with Crippen LogP contribution in [0.4, 0.5) is 5.69 Å². The molecule has 0 aliphatic carbocycles. The van der Waals surface area contributed by atoms with E-state index in [0.717, 1.165) is 0 Å². The minimum Gasteiger partial charge on any atom is -0.454 e. The molecular weight excluding hydrogens is 354 g/mol. The molecule has 0 fully saturated rings. The van der Waals surface area contributed by atoms with Crippen molar-refractivity contribution in [3.8, 4) is 0 Å². The highest BCUT2D eigenvalue weighted by molar-refractivity contribution is 6.01. The summed E-state index contributed by atoms with van der Waals surface area (Å²) in [5, 5.41) is 2.61. The lowest BCUT2D eigenvalue weighted by Crippen LogP contribution is -2.28. The molecule has 1 N–H and O–H groups in total. The number of carbonyl (C=O) groups excluding carboxylic acids is 5. The highest BCUT2D eigenvalue weighted by Crippen LogP contribution is 2.21. The van der Waals surface area contributed by atoms with Gasteiger partial charge in [0, 0.05) is 11.1 Å². The zero-order valence-electron chi connectivity index (χ0n) is 16.0. The van der Waals surface area contributed by atoms with Gasteiger partial charge in [-0.25, -0.2) is 9.59 Å². The average molecular weight is 377 g/mol. The van der Waals surface area contributed by atoms with Gasteiger partial charge in [-0.2, -0.15) is 0 Å². The number of rotatable bonds is 7. The van der Waals surface area contributed by atoms with Gasteiger partial charge in [-0.3, -0.25) is 14.4 Å². The topological polar surface area (TPSA) is 116 Å². The number of carbonyl (C=O) groups is 5. The summed E-state index contributed by atoms with van der Waals surface area (Å²) in [7, 11) is 0. The van der Waals surface area contributed by atoms with Crippen LogP contribution in [0.25, 0.3) is 0 Å². The Kier molecular flexibility index (Phi) is 7.39. The summed E-state index contributed by atoms with van der Waals surface area (Å²) >= 11 is 0. The summed E-state index contributed by atoms with van der Waals surface area (Å²) in [5.41, 5.74) is -0.613. The standard InChI is InChI=1S/C19H23NO7/c1-11(21)9-26-16(23)13-6-14(17(24)27-10-12(2)22)8-15(7-13)20-18(25)19(3,4)5/h6-8H,9-10H2,1-5H3,(H,20,25). The van der Waals surface area contributed by atoms with Crippen LogP contribution in [0.2, 0.25) is 0 Å². The van der Waals surface area contributed by atoms with Crippen molar-refractivity contribution in [2.24, 2.45) is 5.41 Å². The van der Waals surface area contributed by atoms with E-state index in [1.807, 2.05) is 0 Å². The zero-order chi connectivity index (χ0) is 20.8. The van der Waals surface area contributed by atoms with E-state index in [4.69, 9.17) is 9.47 Å². The lowest BCUT2D eigenvalue weighted by atomic mass is 9.95. The number of nitrogens with one attached hydrogen (secondary N) is 1. The van der Waals surface area contributed by atoms with Crippen LogP contribution < -0.4 is 5.32 Å². The molecule has 0 bridgehead atoms. The monoisotopic (exact) mass is 377 g/mol. The molecule has 8 nitrogen and oxygen atoms in total. The summed E-state index contributed by atoms with van der Waals surface area (Å²) in [6, 6.07) is 3.86. The Balaban J connectivity index is 3.19. The van der Waals surface area contributed by atoms with E-state index in [0.29, 0.717) is 0 Å². The molecular formula is C19H23NO7. The van der Waals surface area contributed by atoms with Gasteiger partial charge in [-0.1, -0.05) is 20.8 Å². The minimum atomic E-state index is -0.835. The van der Waals surface area contributed by atoms with Crippen LogP contribution in [0, 0.1) is 5.41 Å². The molecule has 8 heteroatoms. The quantitative estimate of drug-likeness (QED) is 0.724. The molecule has 0 aliphatic rings. The number of ketones is 2. The first-order valence-electron chi connectivity index (χ1n) is 8.20. The van der Waals surface area contributed by atoms with Crippen molar-refractivity contribution in [3.63, 3.8) is 0 Å². The molecule has 0 saturated heterocycles. The molecule has 1 amide bonds. The van der Waals surface area contributed by atoms with Gasteiger partial charge in [-0.15, -0.1) is 0 Å². The SMILES string of the molecule is CC(=O)COC(=O)c1cc(NC(=O)C(C)(C)C)cc(C(=O)OCC(C)=O)c1. The number of amides is 1. The largest absolute Gasteiger partial charge is 0.454 e. The Morgan fingerprint density at radius 3 is 1.56 bits per heavy atom. The Bertz CT molecular complexity index is 727. The average Bonchev–Trinajstić information content (AvgIpc) is 2.56. The fourth-order valence-electron chi connectivity index (χ4n) is 1.76. The molecule has 0 unspecified atom stereocenters. The molecule has 0 aromatic heterocycles. The van der Waals surface area contributed by atoms with E-state index in [2.05, 4.69) is 5.32 Å². The molecule has 0 atom stereocenters. The summed E-state index contributed by atoms with van der Waals surface area (Å²) in [6.45, 7) is 6.80. The molecule has 0 aliphatic heterocycles. The van der Waals surface area contributed by atoms with E-state index >= 15 is 0 Å². The van der Waals surface area contributed by atoms with Gasteiger partial charge in [0.05, 0.1) is 11.1 Å². The first-order valence-corrected chi connectivity index (χ1v) is 8.20. The number of hydrogen-bond acceptors (Lipinski definition) is 7. The molecule has 27 heavy (non-hydrogen) atoms. The summed E-state index contributed by atoms with van der Waals surface area (Å²) in [5.74, 6) is -2.70. The van der Waals surface area contributed by atoms with Crippen LogP contribution in [-0.4, -0.2) is 42.6 Å². The third kappa shape index (κ3) is 7.39. The maximum atomic E-state index is 12.2. The second-order valence-corrected chi connectivity index (χ2v) is 7.06. The number of benzene rings is 1. The molecule has 0 radical (unpaired) electrons. The normalized spacial score (nSPS) is 10.7. The second kappa shape index (κ2) is 9.07. The molecule has 1 aromatic rings. The Morgan fingerprint density at radius 1 is 0.815 bits per heavy atom. The van der Waals surface area contributed by atoms with Crippen molar-refractivity contribution in [1.29, 1.82) is 0 Å². The van der Waals surface area contributed by atoms with Crippen LogP contribution >= 0.6 is 0 Å². The minimum absolute atomic E-state index is 0.0438. The number of ether oxygens (including phenoxy) is 2. The highest BCUT2D eigenvalue weighted by atomic mass is 16.5. The summed E-state index contributed by atoms with van der Waals surface area (Å²) in [4.78, 5) is 58.4. The number of anilines is 1. The molecule has 146 valence electrons. The first kappa shape index (κ1) is 22.0. The number of hydrogen-bond donors (Lipinski definition) is 1. The van der Waals surface area contributed by atoms with Crippen molar-refractivity contribution in [2.45, 2.75) is 34.6 Å². The van der Waals surface area contributed by atoms with Crippen molar-refractivity contribution >= 4 is 35.1 Å². The van der Waals surface area contributed by atoms with E-state index in [1.165, 1.54) is 32.0 Å². The highest BCUT2D eigenvalue weighted by Gasteiger charge is 2.23. The number of Topliss-reactive ketones (excluding diaryl/α,β-unsaturated/α-hetero) is 2. The van der Waals surface area contributed by atoms with Crippen LogP contribution in [0.3, 0.4) is 0 Å². The Morgan fingerprint density at radius 2 is 1.22 bits per heavy atom. The number of esters is 2. The second-order valence-electron chi connectivity index (χ2n) is 7.06. The van der Waals surface area contributed by atoms with Gasteiger partial charge in [0.25, 0.3) is 0 Å². The van der Waals surface area contributed by atoms with Crippen molar-refractivity contribution < 1.29 is 33.4 Å². The Labute approximate surface area is 157 Å². The smallest absolute Gasteiger partial charge is 0.338 e. The van der Waals surface area contributed by atoms with Crippen LogP contribution in [0.15, 0.2) is 18.2 Å².